The molecule has 0 saturated heterocycles. The van der Waals surface area contributed by atoms with Gasteiger partial charge in [-0.2, -0.15) is 0 Å². The Labute approximate surface area is 143 Å². The minimum atomic E-state index is -3.82. The van der Waals surface area contributed by atoms with Crippen LogP contribution < -0.4 is 10.5 Å². The molecule has 1 aliphatic carbocycles. The predicted molar refractivity (Wildman–Crippen MR) is 92.3 cm³/mol. The zero-order chi connectivity index (χ0) is 17.6. The maximum absolute atomic E-state index is 12.2. The van der Waals surface area contributed by atoms with Crippen molar-refractivity contribution < 1.29 is 17.9 Å². The molecule has 1 saturated carbocycles. The molecule has 0 aliphatic heterocycles. The summed E-state index contributed by atoms with van der Waals surface area (Å²) in [5, 5.41) is 7.91. The maximum Gasteiger partial charge on any atom is 0.251 e. The third-order valence-electron chi connectivity index (χ3n) is 4.29. The lowest BCUT2D eigenvalue weighted by Crippen LogP contribution is -2.27. The van der Waals surface area contributed by atoms with Crippen LogP contribution in [0.2, 0.25) is 0 Å². The molecular formula is C17H26N2O4S. The van der Waals surface area contributed by atoms with Crippen LogP contribution in [0.15, 0.2) is 23.1 Å². The van der Waals surface area contributed by atoms with E-state index < -0.39 is 10.0 Å². The number of nitrogens with one attached hydrogen (secondary N) is 1. The van der Waals surface area contributed by atoms with Crippen LogP contribution in [-0.2, 0) is 14.8 Å². The molecular weight excluding hydrogens is 328 g/mol. The van der Waals surface area contributed by atoms with Crippen LogP contribution in [0.5, 0.6) is 0 Å². The number of rotatable bonds is 7. The average molecular weight is 354 g/mol. The first-order valence-electron chi connectivity index (χ1n) is 8.41. The first-order chi connectivity index (χ1) is 11.4. The number of hydrogen-bond donors (Lipinski definition) is 2. The number of sulfonamides is 1. The lowest BCUT2D eigenvalue weighted by Gasteiger charge is -2.21. The number of primary sulfonamides is 1. The van der Waals surface area contributed by atoms with Crippen LogP contribution >= 0.6 is 0 Å². The van der Waals surface area contributed by atoms with E-state index in [0.29, 0.717) is 30.4 Å². The summed E-state index contributed by atoms with van der Waals surface area (Å²) in [6, 6.07) is 4.30. The average Bonchev–Trinajstić information content (AvgIpc) is 2.54. The lowest BCUT2D eigenvalue weighted by atomic mass is 9.98. The summed E-state index contributed by atoms with van der Waals surface area (Å²) < 4.78 is 28.6. The zero-order valence-electron chi connectivity index (χ0n) is 14.1. The predicted octanol–water partition coefficient (Wildman–Crippen LogP) is 2.11. The van der Waals surface area contributed by atoms with Crippen LogP contribution in [0.25, 0.3) is 0 Å². The molecule has 1 fully saturated rings. The van der Waals surface area contributed by atoms with Crippen LogP contribution in [0, 0.1) is 6.92 Å². The van der Waals surface area contributed by atoms with Gasteiger partial charge in [-0.15, -0.1) is 0 Å². The van der Waals surface area contributed by atoms with Crippen LogP contribution in [0.4, 0.5) is 0 Å². The van der Waals surface area contributed by atoms with E-state index in [2.05, 4.69) is 5.32 Å². The van der Waals surface area contributed by atoms with Crippen molar-refractivity contribution in [1.29, 1.82) is 0 Å². The number of carbonyl (C=O) groups is 1. The third kappa shape index (κ3) is 5.58. The van der Waals surface area contributed by atoms with Crippen molar-refractivity contribution in [3.8, 4) is 0 Å². The second kappa shape index (κ2) is 8.60. The summed E-state index contributed by atoms with van der Waals surface area (Å²) in [7, 11) is -3.82. The van der Waals surface area contributed by atoms with Crippen molar-refractivity contribution in [2.45, 2.75) is 56.4 Å². The molecule has 0 radical (unpaired) electrons. The normalized spacial score (nSPS) is 16.1. The maximum atomic E-state index is 12.2. The summed E-state index contributed by atoms with van der Waals surface area (Å²) >= 11 is 0. The molecule has 0 spiro atoms. The third-order valence-corrected chi connectivity index (χ3v) is 5.21. The van der Waals surface area contributed by atoms with Crippen molar-refractivity contribution in [2.24, 2.45) is 5.14 Å². The van der Waals surface area contributed by atoms with E-state index in [1.54, 1.807) is 13.0 Å². The van der Waals surface area contributed by atoms with Gasteiger partial charge in [-0.05, 0) is 43.9 Å². The molecule has 1 aromatic carbocycles. The van der Waals surface area contributed by atoms with E-state index in [4.69, 9.17) is 9.88 Å². The van der Waals surface area contributed by atoms with Crippen LogP contribution in [0.3, 0.4) is 0 Å². The number of aryl methyl sites for hydroxylation is 1. The topological polar surface area (TPSA) is 98.5 Å². The highest BCUT2D eigenvalue weighted by Gasteiger charge is 2.15. The van der Waals surface area contributed by atoms with Crippen LogP contribution in [-0.4, -0.2) is 33.6 Å². The van der Waals surface area contributed by atoms with Gasteiger partial charge >= 0.3 is 0 Å². The van der Waals surface area contributed by atoms with Gasteiger partial charge in [0.15, 0.2) is 0 Å². The van der Waals surface area contributed by atoms with Crippen molar-refractivity contribution in [1.82, 2.24) is 5.32 Å². The van der Waals surface area contributed by atoms with E-state index in [1.165, 1.54) is 31.4 Å². The molecule has 1 aromatic rings. The highest BCUT2D eigenvalue weighted by molar-refractivity contribution is 7.89. The Balaban J connectivity index is 1.80. The molecule has 0 aromatic heterocycles. The van der Waals surface area contributed by atoms with Gasteiger partial charge in [0.25, 0.3) is 5.91 Å². The first-order valence-corrected chi connectivity index (χ1v) is 9.96. The number of ether oxygens (including phenoxy) is 1. The van der Waals surface area contributed by atoms with E-state index in [-0.39, 0.29) is 10.8 Å². The fourth-order valence-corrected chi connectivity index (χ4v) is 3.41. The molecule has 24 heavy (non-hydrogen) atoms. The molecule has 1 amide bonds. The van der Waals surface area contributed by atoms with Gasteiger partial charge in [-0.3, -0.25) is 4.79 Å². The summed E-state index contributed by atoms with van der Waals surface area (Å²) in [5.41, 5.74) is 1.04. The fourth-order valence-electron chi connectivity index (χ4n) is 2.87. The smallest absolute Gasteiger partial charge is 0.251 e. The zero-order valence-corrected chi connectivity index (χ0v) is 14.9. The highest BCUT2D eigenvalue weighted by atomic mass is 32.2. The minimum Gasteiger partial charge on any atom is -0.378 e. The van der Waals surface area contributed by atoms with Gasteiger partial charge in [0, 0.05) is 18.7 Å². The second-order valence-electron chi connectivity index (χ2n) is 6.26. The Hall–Kier alpha value is -1.44. The molecule has 7 heteroatoms. The summed E-state index contributed by atoms with van der Waals surface area (Å²) in [4.78, 5) is 12.2. The first kappa shape index (κ1) is 18.9. The largest absolute Gasteiger partial charge is 0.378 e. The number of amides is 1. The van der Waals surface area contributed by atoms with Gasteiger partial charge < -0.3 is 10.1 Å². The van der Waals surface area contributed by atoms with Crippen molar-refractivity contribution in [3.05, 3.63) is 29.3 Å². The summed E-state index contributed by atoms with van der Waals surface area (Å²) in [6.45, 7) is 2.87. The molecule has 6 nitrogen and oxygen atoms in total. The summed E-state index contributed by atoms with van der Waals surface area (Å²) in [6.07, 6.45) is 7.13. The monoisotopic (exact) mass is 354 g/mol. The number of carbonyl (C=O) groups excluding carboxylic acids is 1. The quantitative estimate of drug-likeness (QED) is 0.733. The van der Waals surface area contributed by atoms with E-state index in [9.17, 15) is 13.2 Å². The SMILES string of the molecule is Cc1ccc(S(N)(=O)=O)cc1C(=O)NCCCOC1CCCCC1. The Bertz CT molecular complexity index is 667. The minimum absolute atomic E-state index is 0.0566. The molecule has 3 N–H and O–H groups in total. The van der Waals surface area contributed by atoms with Crippen molar-refractivity contribution >= 4 is 15.9 Å². The Morgan fingerprint density at radius 3 is 2.67 bits per heavy atom. The van der Waals surface area contributed by atoms with Gasteiger partial charge in [-0.25, -0.2) is 13.6 Å². The molecule has 0 unspecified atom stereocenters. The van der Waals surface area contributed by atoms with Gasteiger partial charge in [0.1, 0.15) is 0 Å². The molecule has 0 atom stereocenters. The molecule has 2 rings (SSSR count). The van der Waals surface area contributed by atoms with E-state index >= 15 is 0 Å². The molecule has 0 bridgehead atoms. The van der Waals surface area contributed by atoms with Crippen molar-refractivity contribution in [3.63, 3.8) is 0 Å². The Kier molecular flexibility index (Phi) is 6.77. The van der Waals surface area contributed by atoms with Crippen molar-refractivity contribution in [2.75, 3.05) is 13.2 Å². The molecule has 134 valence electrons. The highest BCUT2D eigenvalue weighted by Crippen LogP contribution is 2.20. The Morgan fingerprint density at radius 2 is 2.00 bits per heavy atom. The Morgan fingerprint density at radius 1 is 1.29 bits per heavy atom. The summed E-state index contributed by atoms with van der Waals surface area (Å²) in [5.74, 6) is -0.296. The van der Waals surface area contributed by atoms with Gasteiger partial charge in [0.2, 0.25) is 10.0 Å². The van der Waals surface area contributed by atoms with Gasteiger partial charge in [-0.1, -0.05) is 25.3 Å². The van der Waals surface area contributed by atoms with E-state index in [1.807, 2.05) is 0 Å². The van der Waals surface area contributed by atoms with Crippen LogP contribution in [0.1, 0.15) is 54.4 Å². The number of hydrogen-bond acceptors (Lipinski definition) is 4. The standard InChI is InChI=1S/C17H26N2O4S/c1-13-8-9-15(24(18,21)22)12-16(13)17(20)19-10-5-11-23-14-6-3-2-4-7-14/h8-9,12,14H,2-7,10-11H2,1H3,(H,19,20)(H2,18,21,22). The lowest BCUT2D eigenvalue weighted by molar-refractivity contribution is 0.0273. The second-order valence-corrected chi connectivity index (χ2v) is 7.82. The number of benzene rings is 1. The molecule has 1 aliphatic rings. The number of nitrogens with two attached hydrogens (primary N) is 1. The van der Waals surface area contributed by atoms with Gasteiger partial charge in [0.05, 0.1) is 11.0 Å². The van der Waals surface area contributed by atoms with E-state index in [0.717, 1.165) is 19.3 Å². The fraction of sp³-hybridized carbons (Fsp3) is 0.588. The molecule has 0 heterocycles.